The molecule has 1 N–H and O–H groups in total. The van der Waals surface area contributed by atoms with Crippen LogP contribution in [0.5, 0.6) is 0 Å². The van der Waals surface area contributed by atoms with Crippen molar-refractivity contribution in [3.8, 4) is 10.4 Å². The standard InChI is InChI=1S/C33H24ClN3O2S3/c34-24-15-17-25(18-16-24)41-28-14-8-7-13-26(28)35-30(38)21-40-33-36-27-19-29(23-11-5-2-6-12-23)42-31(27)32(39)37(33)20-22-9-3-1-4-10-22/h1-19H,20-21H2,(H,35,38). The van der Waals surface area contributed by atoms with Crippen LogP contribution in [0.25, 0.3) is 20.7 Å². The average Bonchev–Trinajstić information content (AvgIpc) is 3.45. The topological polar surface area (TPSA) is 64.0 Å². The summed E-state index contributed by atoms with van der Waals surface area (Å²) in [6, 6.07) is 37.0. The van der Waals surface area contributed by atoms with E-state index in [9.17, 15) is 9.59 Å². The Balaban J connectivity index is 1.26. The molecule has 1 amide bonds. The van der Waals surface area contributed by atoms with Crippen LogP contribution in [-0.2, 0) is 11.3 Å². The molecule has 0 fully saturated rings. The molecule has 9 heteroatoms. The molecule has 2 aromatic heterocycles. The molecule has 0 saturated carbocycles. The molecule has 208 valence electrons. The fraction of sp³-hybridized carbons (Fsp3) is 0.0606. The summed E-state index contributed by atoms with van der Waals surface area (Å²) < 4.78 is 2.28. The number of benzene rings is 4. The van der Waals surface area contributed by atoms with E-state index in [1.165, 1.54) is 23.1 Å². The highest BCUT2D eigenvalue weighted by Gasteiger charge is 2.17. The highest BCUT2D eigenvalue weighted by molar-refractivity contribution is 8.00. The zero-order valence-electron chi connectivity index (χ0n) is 22.2. The fourth-order valence-electron chi connectivity index (χ4n) is 4.36. The van der Waals surface area contributed by atoms with Crippen LogP contribution in [-0.4, -0.2) is 21.2 Å². The maximum atomic E-state index is 13.8. The molecule has 0 aliphatic heterocycles. The summed E-state index contributed by atoms with van der Waals surface area (Å²) in [7, 11) is 0. The maximum Gasteiger partial charge on any atom is 0.272 e. The second kappa shape index (κ2) is 13.0. The lowest BCUT2D eigenvalue weighted by Gasteiger charge is -2.13. The van der Waals surface area contributed by atoms with Crippen molar-refractivity contribution in [1.82, 2.24) is 9.55 Å². The Labute approximate surface area is 260 Å². The van der Waals surface area contributed by atoms with Crippen molar-refractivity contribution in [2.75, 3.05) is 11.1 Å². The first kappa shape index (κ1) is 28.3. The minimum absolute atomic E-state index is 0.0996. The van der Waals surface area contributed by atoms with Gasteiger partial charge in [-0.1, -0.05) is 108 Å². The van der Waals surface area contributed by atoms with Gasteiger partial charge in [0.25, 0.3) is 5.56 Å². The Morgan fingerprint density at radius 2 is 1.57 bits per heavy atom. The van der Waals surface area contributed by atoms with Gasteiger partial charge in [-0.05, 0) is 53.6 Å². The van der Waals surface area contributed by atoms with Crippen molar-refractivity contribution >= 4 is 68.3 Å². The predicted molar refractivity (Wildman–Crippen MR) is 176 cm³/mol. The number of anilines is 1. The molecule has 6 rings (SSSR count). The highest BCUT2D eigenvalue weighted by Crippen LogP contribution is 2.35. The Kier molecular flexibility index (Phi) is 8.76. The number of hydrogen-bond acceptors (Lipinski definition) is 6. The molecule has 42 heavy (non-hydrogen) atoms. The molecule has 0 radical (unpaired) electrons. The molecule has 0 aliphatic rings. The van der Waals surface area contributed by atoms with Crippen LogP contribution < -0.4 is 10.9 Å². The van der Waals surface area contributed by atoms with E-state index in [1.807, 2.05) is 115 Å². The summed E-state index contributed by atoms with van der Waals surface area (Å²) in [5, 5.41) is 4.22. The number of hydrogen-bond donors (Lipinski definition) is 1. The van der Waals surface area contributed by atoms with Crippen LogP contribution in [0.15, 0.2) is 135 Å². The molecule has 2 heterocycles. The maximum absolute atomic E-state index is 13.8. The van der Waals surface area contributed by atoms with Gasteiger partial charge in [0.2, 0.25) is 5.91 Å². The number of halogens is 1. The lowest BCUT2D eigenvalue weighted by atomic mass is 10.2. The van der Waals surface area contributed by atoms with Crippen LogP contribution in [0.4, 0.5) is 5.69 Å². The van der Waals surface area contributed by atoms with E-state index in [-0.39, 0.29) is 17.2 Å². The molecule has 0 unspecified atom stereocenters. The van der Waals surface area contributed by atoms with Crippen molar-refractivity contribution in [2.24, 2.45) is 0 Å². The number of aromatic nitrogens is 2. The quantitative estimate of drug-likeness (QED) is 0.129. The summed E-state index contributed by atoms with van der Waals surface area (Å²) in [5.41, 5.74) is 3.28. The lowest BCUT2D eigenvalue weighted by Crippen LogP contribution is -2.24. The minimum atomic E-state index is -0.181. The number of carbonyl (C=O) groups excluding carboxylic acids is 1. The molecule has 0 saturated heterocycles. The normalized spacial score (nSPS) is 11.1. The summed E-state index contributed by atoms with van der Waals surface area (Å²) in [6.07, 6.45) is 0. The van der Waals surface area contributed by atoms with Crippen molar-refractivity contribution in [3.05, 3.63) is 136 Å². The largest absolute Gasteiger partial charge is 0.324 e. The van der Waals surface area contributed by atoms with E-state index in [4.69, 9.17) is 16.6 Å². The zero-order valence-corrected chi connectivity index (χ0v) is 25.4. The molecule has 0 bridgehead atoms. The number of nitrogens with zero attached hydrogens (tertiary/aromatic N) is 2. The van der Waals surface area contributed by atoms with Gasteiger partial charge in [0.05, 0.1) is 23.5 Å². The van der Waals surface area contributed by atoms with E-state index in [0.717, 1.165) is 31.5 Å². The molecular formula is C33H24ClN3O2S3. The molecule has 0 spiro atoms. The van der Waals surface area contributed by atoms with Crippen molar-refractivity contribution < 1.29 is 4.79 Å². The van der Waals surface area contributed by atoms with Gasteiger partial charge in [-0.15, -0.1) is 11.3 Å². The van der Waals surface area contributed by atoms with Gasteiger partial charge in [-0.25, -0.2) is 4.98 Å². The molecule has 6 aromatic rings. The zero-order chi connectivity index (χ0) is 28.9. The minimum Gasteiger partial charge on any atom is -0.324 e. The first-order valence-corrected chi connectivity index (χ1v) is 16.1. The third kappa shape index (κ3) is 6.63. The summed E-state index contributed by atoms with van der Waals surface area (Å²) in [5.74, 6) is -0.0809. The first-order valence-electron chi connectivity index (χ1n) is 13.1. The van der Waals surface area contributed by atoms with Gasteiger partial charge in [0.1, 0.15) is 4.70 Å². The summed E-state index contributed by atoms with van der Waals surface area (Å²) in [4.78, 5) is 34.8. The van der Waals surface area contributed by atoms with Gasteiger partial charge in [0.15, 0.2) is 5.16 Å². The molecule has 4 aromatic carbocycles. The monoisotopic (exact) mass is 625 g/mol. The number of rotatable bonds is 9. The van der Waals surface area contributed by atoms with Crippen LogP contribution in [0.3, 0.4) is 0 Å². The molecule has 5 nitrogen and oxygen atoms in total. The molecule has 0 atom stereocenters. The Morgan fingerprint density at radius 1 is 0.881 bits per heavy atom. The van der Waals surface area contributed by atoms with E-state index in [0.29, 0.717) is 26.9 Å². The number of para-hydroxylation sites is 1. The second-order valence-corrected chi connectivity index (χ2v) is 12.9. The number of amides is 1. The van der Waals surface area contributed by atoms with Crippen LogP contribution in [0.1, 0.15) is 5.56 Å². The SMILES string of the molecule is O=C(CSc1nc2cc(-c3ccccc3)sc2c(=O)n1Cc1ccccc1)Nc1ccccc1Sc1ccc(Cl)cc1. The van der Waals surface area contributed by atoms with Gasteiger partial charge in [-0.3, -0.25) is 14.2 Å². The van der Waals surface area contributed by atoms with Gasteiger partial charge < -0.3 is 5.32 Å². The van der Waals surface area contributed by atoms with Crippen LogP contribution >= 0.6 is 46.5 Å². The van der Waals surface area contributed by atoms with Crippen molar-refractivity contribution in [3.63, 3.8) is 0 Å². The third-order valence-corrected chi connectivity index (χ3v) is 9.85. The number of fused-ring (bicyclic) bond motifs is 1. The summed E-state index contributed by atoms with van der Waals surface area (Å²) >= 11 is 10.3. The van der Waals surface area contributed by atoms with Crippen molar-refractivity contribution in [2.45, 2.75) is 21.5 Å². The van der Waals surface area contributed by atoms with E-state index < -0.39 is 0 Å². The van der Waals surface area contributed by atoms with Crippen LogP contribution in [0, 0.1) is 0 Å². The van der Waals surface area contributed by atoms with Gasteiger partial charge in [0, 0.05) is 19.7 Å². The molecule has 0 aliphatic carbocycles. The predicted octanol–water partition coefficient (Wildman–Crippen LogP) is 8.71. The van der Waals surface area contributed by atoms with E-state index in [1.54, 1.807) is 16.3 Å². The average molecular weight is 626 g/mol. The smallest absolute Gasteiger partial charge is 0.272 e. The van der Waals surface area contributed by atoms with E-state index in [2.05, 4.69) is 5.32 Å². The Bertz CT molecular complexity index is 1910. The third-order valence-electron chi connectivity index (χ3n) is 6.38. The van der Waals surface area contributed by atoms with E-state index >= 15 is 0 Å². The number of thiophene rings is 1. The van der Waals surface area contributed by atoms with Gasteiger partial charge >= 0.3 is 0 Å². The first-order chi connectivity index (χ1) is 20.5. The number of thioether (sulfide) groups is 1. The Morgan fingerprint density at radius 3 is 2.33 bits per heavy atom. The molecular weight excluding hydrogens is 602 g/mol. The van der Waals surface area contributed by atoms with Crippen LogP contribution in [0.2, 0.25) is 5.02 Å². The second-order valence-electron chi connectivity index (χ2n) is 9.35. The van der Waals surface area contributed by atoms with Gasteiger partial charge in [-0.2, -0.15) is 0 Å². The van der Waals surface area contributed by atoms with Crippen molar-refractivity contribution in [1.29, 1.82) is 0 Å². The number of carbonyl (C=O) groups is 1. The lowest BCUT2D eigenvalue weighted by molar-refractivity contribution is -0.113. The fourth-order valence-corrected chi connectivity index (χ4v) is 7.23. The highest BCUT2D eigenvalue weighted by atomic mass is 35.5. The Hall–Kier alpha value is -3.82. The summed E-state index contributed by atoms with van der Waals surface area (Å²) in [6.45, 7) is 0.367. The number of nitrogens with one attached hydrogen (secondary N) is 1.